The molecule has 0 spiro atoms. The molecule has 184 valence electrons. The first-order valence-corrected chi connectivity index (χ1v) is 12.6. The molecule has 1 aliphatic heterocycles. The summed E-state index contributed by atoms with van der Waals surface area (Å²) < 4.78 is 14.5. The van der Waals surface area contributed by atoms with Crippen molar-refractivity contribution in [2.45, 2.75) is 38.6 Å². The monoisotopic (exact) mass is 502 g/mol. The molecule has 0 N–H and O–H groups in total. The fourth-order valence-corrected chi connectivity index (χ4v) is 5.41. The van der Waals surface area contributed by atoms with Gasteiger partial charge in [0.1, 0.15) is 5.82 Å². The molecule has 5 rings (SSSR count). The molecule has 1 heterocycles. The summed E-state index contributed by atoms with van der Waals surface area (Å²) >= 11 is 6.01. The number of anilines is 1. The molecule has 0 atom stereocenters. The summed E-state index contributed by atoms with van der Waals surface area (Å²) in [7, 11) is 1.67. The highest BCUT2D eigenvalue weighted by Gasteiger charge is 2.27. The van der Waals surface area contributed by atoms with Crippen LogP contribution in [0.15, 0.2) is 72.3 Å². The van der Waals surface area contributed by atoms with Gasteiger partial charge in [-0.1, -0.05) is 47.5 Å². The molecule has 6 heteroatoms. The van der Waals surface area contributed by atoms with Gasteiger partial charge in [-0.05, 0) is 89.9 Å². The van der Waals surface area contributed by atoms with Crippen molar-refractivity contribution in [1.82, 2.24) is 4.90 Å². The van der Waals surface area contributed by atoms with Crippen LogP contribution in [0.1, 0.15) is 41.5 Å². The third kappa shape index (κ3) is 5.21. The Morgan fingerprint density at radius 2 is 1.69 bits per heavy atom. The van der Waals surface area contributed by atoms with Crippen LogP contribution in [0.3, 0.4) is 0 Å². The first-order valence-electron chi connectivity index (χ1n) is 12.2. The number of carbonyl (C=O) groups excluding carboxylic acids is 2. The van der Waals surface area contributed by atoms with E-state index in [-0.39, 0.29) is 37.1 Å². The number of hydrogen-bond acceptors (Lipinski definition) is 2. The van der Waals surface area contributed by atoms with E-state index in [1.807, 2.05) is 18.2 Å². The summed E-state index contributed by atoms with van der Waals surface area (Å²) in [6.07, 6.45) is 3.61. The number of carbonyl (C=O) groups is 2. The lowest BCUT2D eigenvalue weighted by atomic mass is 9.97. The topological polar surface area (TPSA) is 40.6 Å². The molecule has 2 aliphatic rings. The zero-order valence-electron chi connectivity index (χ0n) is 20.3. The number of Topliss-reactive ketones (excluding diaryl/α,β-unsaturated/α-hetero) is 1. The molecular formula is C30H28ClFN2O2. The third-order valence-electron chi connectivity index (χ3n) is 7.02. The molecule has 4 nitrogen and oxygen atoms in total. The molecular weight excluding hydrogens is 475 g/mol. The van der Waals surface area contributed by atoms with Crippen LogP contribution in [-0.4, -0.2) is 30.3 Å². The second-order valence-corrected chi connectivity index (χ2v) is 10.1. The van der Waals surface area contributed by atoms with E-state index in [1.165, 1.54) is 27.0 Å². The van der Waals surface area contributed by atoms with Crippen LogP contribution in [0.2, 0.25) is 5.02 Å². The van der Waals surface area contributed by atoms with Gasteiger partial charge in [0.15, 0.2) is 5.78 Å². The minimum atomic E-state index is -0.326. The number of halogens is 2. The van der Waals surface area contributed by atoms with Gasteiger partial charge in [-0.25, -0.2) is 9.18 Å². The zero-order chi connectivity index (χ0) is 25.2. The Bertz CT molecular complexity index is 1350. The lowest BCUT2D eigenvalue weighted by molar-refractivity contribution is -0.118. The van der Waals surface area contributed by atoms with E-state index >= 15 is 0 Å². The van der Waals surface area contributed by atoms with Crippen molar-refractivity contribution in [2.24, 2.45) is 0 Å². The molecule has 1 aliphatic carbocycles. The summed E-state index contributed by atoms with van der Waals surface area (Å²) in [5, 5.41) is 0.574. The van der Waals surface area contributed by atoms with Crippen LogP contribution in [0.25, 0.3) is 5.57 Å². The summed E-state index contributed by atoms with van der Waals surface area (Å²) in [6, 6.07) is 19.8. The quantitative estimate of drug-likeness (QED) is 0.365. The number of ketones is 1. The number of aryl methyl sites for hydroxylation is 1. The van der Waals surface area contributed by atoms with E-state index in [4.69, 9.17) is 11.6 Å². The molecule has 3 aromatic carbocycles. The largest absolute Gasteiger partial charge is 0.324 e. The second-order valence-electron chi connectivity index (χ2n) is 9.63. The molecule has 0 unspecified atom stereocenters. The van der Waals surface area contributed by atoms with E-state index in [1.54, 1.807) is 37.4 Å². The van der Waals surface area contributed by atoms with Crippen LogP contribution in [0.5, 0.6) is 0 Å². The molecule has 0 fully saturated rings. The third-order valence-corrected chi connectivity index (χ3v) is 7.27. The van der Waals surface area contributed by atoms with Crippen molar-refractivity contribution in [1.29, 1.82) is 0 Å². The van der Waals surface area contributed by atoms with E-state index < -0.39 is 0 Å². The van der Waals surface area contributed by atoms with Gasteiger partial charge in [-0.15, -0.1) is 0 Å². The normalized spacial score (nSPS) is 16.0. The van der Waals surface area contributed by atoms with Gasteiger partial charge in [-0.3, -0.25) is 9.69 Å². The van der Waals surface area contributed by atoms with Crippen LogP contribution >= 0.6 is 11.6 Å². The van der Waals surface area contributed by atoms with Gasteiger partial charge in [0, 0.05) is 30.7 Å². The standard InChI is InChI=1S/C30H28ClFN2O2/c1-33(26-11-9-24(31)10-12-26)30(36)34-18-21-13-20(14-25(32)15-21)5-4-7-23-16-22-6-2-3-8-28(22)29(23)17-27(35)19-34/h2-3,6,8-15H,4-5,7,16-19H2,1H3. The van der Waals surface area contributed by atoms with Crippen LogP contribution < -0.4 is 4.90 Å². The molecule has 0 radical (unpaired) electrons. The molecule has 3 aromatic rings. The smallest absolute Gasteiger partial charge is 0.313 e. The molecule has 0 saturated heterocycles. The predicted molar refractivity (Wildman–Crippen MR) is 142 cm³/mol. The van der Waals surface area contributed by atoms with Gasteiger partial charge in [-0.2, -0.15) is 0 Å². The average Bonchev–Trinajstić information content (AvgIpc) is 3.19. The number of amides is 2. The van der Waals surface area contributed by atoms with Crippen molar-refractivity contribution in [3.05, 3.63) is 105 Å². The first-order chi connectivity index (χ1) is 17.4. The van der Waals surface area contributed by atoms with Gasteiger partial charge >= 0.3 is 6.03 Å². The predicted octanol–water partition coefficient (Wildman–Crippen LogP) is 6.84. The van der Waals surface area contributed by atoms with Crippen molar-refractivity contribution >= 4 is 34.7 Å². The van der Waals surface area contributed by atoms with E-state index in [0.29, 0.717) is 16.3 Å². The van der Waals surface area contributed by atoms with Crippen molar-refractivity contribution in [2.75, 3.05) is 18.5 Å². The van der Waals surface area contributed by atoms with E-state index in [2.05, 4.69) is 12.1 Å². The summed E-state index contributed by atoms with van der Waals surface area (Å²) in [4.78, 5) is 30.0. The Labute approximate surface area is 216 Å². The lowest BCUT2D eigenvalue weighted by Gasteiger charge is -2.28. The van der Waals surface area contributed by atoms with Crippen LogP contribution in [-0.2, 0) is 24.2 Å². The Balaban J connectivity index is 1.49. The fraction of sp³-hybridized carbons (Fsp3) is 0.267. The highest BCUT2D eigenvalue weighted by molar-refractivity contribution is 6.30. The molecule has 2 bridgehead atoms. The fourth-order valence-electron chi connectivity index (χ4n) is 5.28. The Morgan fingerprint density at radius 3 is 2.50 bits per heavy atom. The summed E-state index contributed by atoms with van der Waals surface area (Å²) in [6.45, 7) is 0.0946. The van der Waals surface area contributed by atoms with Crippen molar-refractivity contribution < 1.29 is 14.0 Å². The SMILES string of the molecule is CN(C(=O)N1CC(=O)CC2=C(CCCc3cc(F)cc(c3)C1)Cc1ccccc12)c1ccc(Cl)cc1. The van der Waals surface area contributed by atoms with E-state index in [0.717, 1.165) is 42.4 Å². The number of rotatable bonds is 1. The van der Waals surface area contributed by atoms with Gasteiger partial charge in [0.05, 0.1) is 6.54 Å². The summed E-state index contributed by atoms with van der Waals surface area (Å²) in [5.41, 5.74) is 6.99. The van der Waals surface area contributed by atoms with Crippen LogP contribution in [0, 0.1) is 5.82 Å². The van der Waals surface area contributed by atoms with Gasteiger partial charge in [0.25, 0.3) is 0 Å². The highest BCUT2D eigenvalue weighted by atomic mass is 35.5. The first kappa shape index (κ1) is 24.3. The Hall–Kier alpha value is -3.44. The maximum Gasteiger partial charge on any atom is 0.324 e. The lowest BCUT2D eigenvalue weighted by Crippen LogP contribution is -2.43. The van der Waals surface area contributed by atoms with Crippen LogP contribution in [0.4, 0.5) is 14.9 Å². The molecule has 36 heavy (non-hydrogen) atoms. The highest BCUT2D eigenvalue weighted by Crippen LogP contribution is 2.37. The van der Waals surface area contributed by atoms with E-state index in [9.17, 15) is 14.0 Å². The Kier molecular flexibility index (Phi) is 6.92. The van der Waals surface area contributed by atoms with Gasteiger partial charge < -0.3 is 4.90 Å². The van der Waals surface area contributed by atoms with Crippen molar-refractivity contribution in [3.8, 4) is 0 Å². The number of nitrogens with zero attached hydrogens (tertiary/aromatic N) is 2. The minimum absolute atomic E-state index is 0.0343. The summed E-state index contributed by atoms with van der Waals surface area (Å²) in [5.74, 6) is -0.358. The number of fused-ring (bicyclic) bond motifs is 4. The minimum Gasteiger partial charge on any atom is -0.313 e. The number of benzene rings is 3. The number of allylic oxidation sites excluding steroid dienone is 2. The van der Waals surface area contributed by atoms with Crippen molar-refractivity contribution in [3.63, 3.8) is 0 Å². The molecule has 2 amide bonds. The molecule has 0 saturated carbocycles. The average molecular weight is 503 g/mol. The zero-order valence-corrected chi connectivity index (χ0v) is 21.0. The maximum atomic E-state index is 14.5. The van der Waals surface area contributed by atoms with Gasteiger partial charge in [0.2, 0.25) is 0 Å². The Morgan fingerprint density at radius 1 is 0.944 bits per heavy atom. The second kappa shape index (κ2) is 10.3. The number of urea groups is 1. The number of hydrogen-bond donors (Lipinski definition) is 0. The maximum absolute atomic E-state index is 14.5. The molecule has 0 aromatic heterocycles.